The molecule has 0 spiro atoms. The highest BCUT2D eigenvalue weighted by atomic mass is 32.2. The van der Waals surface area contributed by atoms with Gasteiger partial charge in [-0.2, -0.15) is 17.0 Å². The molecule has 1 aromatic heterocycles. The molecule has 0 atom stereocenters. The molecule has 0 bridgehead atoms. The molecule has 4 aromatic rings. The normalized spacial score (nSPS) is 10.7. The molecular weight excluding hydrogens is 438 g/mol. The molecule has 0 saturated carbocycles. The fraction of sp³-hybridized carbons (Fsp3) is 0.160. The van der Waals surface area contributed by atoms with Crippen molar-refractivity contribution in [2.75, 3.05) is 12.3 Å². The van der Waals surface area contributed by atoms with E-state index in [2.05, 4.69) is 16.4 Å². The molecule has 0 fully saturated rings. The molecule has 5 nitrogen and oxygen atoms in total. The number of fused-ring (bicyclic) bond motifs is 1. The van der Waals surface area contributed by atoms with Crippen LogP contribution in [-0.2, 0) is 11.5 Å². The van der Waals surface area contributed by atoms with E-state index in [1.807, 2.05) is 72.8 Å². The smallest absolute Gasteiger partial charge is 0.257 e. The molecule has 0 radical (unpaired) electrons. The third-order valence-corrected chi connectivity index (χ3v) is 6.70. The van der Waals surface area contributed by atoms with Crippen molar-refractivity contribution in [3.63, 3.8) is 0 Å². The number of hydrogen-bond acceptors (Lipinski definition) is 6. The quantitative estimate of drug-likeness (QED) is 0.257. The first-order chi connectivity index (χ1) is 15.7. The van der Waals surface area contributed by atoms with Gasteiger partial charge in [-0.3, -0.25) is 4.79 Å². The summed E-state index contributed by atoms with van der Waals surface area (Å²) in [6.45, 7) is 0.560. The molecule has 160 valence electrons. The number of nitrogens with zero attached hydrogens (tertiary/aromatic N) is 2. The Morgan fingerprint density at radius 1 is 0.969 bits per heavy atom. The van der Waals surface area contributed by atoms with Gasteiger partial charge < -0.3 is 9.73 Å². The van der Waals surface area contributed by atoms with E-state index < -0.39 is 0 Å². The molecule has 1 heterocycles. The summed E-state index contributed by atoms with van der Waals surface area (Å²) in [6, 6.07) is 25.1. The van der Waals surface area contributed by atoms with E-state index in [-0.39, 0.29) is 5.91 Å². The van der Waals surface area contributed by atoms with Gasteiger partial charge in [-0.05, 0) is 35.4 Å². The van der Waals surface area contributed by atoms with E-state index in [4.69, 9.17) is 4.42 Å². The van der Waals surface area contributed by atoms with Crippen LogP contribution in [0.2, 0.25) is 0 Å². The van der Waals surface area contributed by atoms with Crippen molar-refractivity contribution in [3.8, 4) is 6.07 Å². The van der Waals surface area contributed by atoms with Gasteiger partial charge in [-0.15, -0.1) is 0 Å². The molecule has 3 aromatic carbocycles. The summed E-state index contributed by atoms with van der Waals surface area (Å²) < 4.78 is 5.76. The number of carbonyl (C=O) groups excluding carboxylic acids is 1. The van der Waals surface area contributed by atoms with Gasteiger partial charge >= 0.3 is 0 Å². The predicted molar refractivity (Wildman–Crippen MR) is 130 cm³/mol. The number of oxazole rings is 1. The second-order valence-electron chi connectivity index (χ2n) is 6.97. The number of thioether (sulfide) groups is 2. The van der Waals surface area contributed by atoms with Gasteiger partial charge in [0.25, 0.3) is 11.1 Å². The Morgan fingerprint density at radius 2 is 1.72 bits per heavy atom. The highest BCUT2D eigenvalue weighted by molar-refractivity contribution is 7.98. The van der Waals surface area contributed by atoms with Crippen molar-refractivity contribution in [2.45, 2.75) is 16.7 Å². The molecule has 0 unspecified atom stereocenters. The third-order valence-electron chi connectivity index (χ3n) is 4.81. The third kappa shape index (κ3) is 5.52. The van der Waals surface area contributed by atoms with Crippen LogP contribution in [0.25, 0.3) is 11.1 Å². The van der Waals surface area contributed by atoms with Crippen molar-refractivity contribution >= 4 is 40.5 Å². The minimum absolute atomic E-state index is 0.0863. The molecule has 0 aliphatic carbocycles. The Bertz CT molecular complexity index is 1230. The number of hydrogen-bond donors (Lipinski definition) is 1. The molecule has 1 amide bonds. The van der Waals surface area contributed by atoms with Crippen molar-refractivity contribution in [1.82, 2.24) is 10.3 Å². The van der Waals surface area contributed by atoms with Crippen LogP contribution in [0.15, 0.2) is 82.4 Å². The van der Waals surface area contributed by atoms with Crippen molar-refractivity contribution in [3.05, 3.63) is 95.1 Å². The summed E-state index contributed by atoms with van der Waals surface area (Å²) in [4.78, 5) is 17.2. The Kier molecular flexibility index (Phi) is 7.49. The summed E-state index contributed by atoms with van der Waals surface area (Å²) in [5.41, 5.74) is 4.91. The topological polar surface area (TPSA) is 78.9 Å². The van der Waals surface area contributed by atoms with Crippen molar-refractivity contribution < 1.29 is 9.21 Å². The van der Waals surface area contributed by atoms with Crippen molar-refractivity contribution in [1.29, 1.82) is 5.26 Å². The number of amides is 1. The summed E-state index contributed by atoms with van der Waals surface area (Å²) >= 11 is 3.17. The summed E-state index contributed by atoms with van der Waals surface area (Å²) in [7, 11) is 0. The predicted octanol–water partition coefficient (Wildman–Crippen LogP) is 5.65. The van der Waals surface area contributed by atoms with Gasteiger partial charge in [0.05, 0.1) is 11.6 Å². The lowest BCUT2D eigenvalue weighted by molar-refractivity contribution is 0.0955. The molecule has 0 aliphatic rings. The minimum atomic E-state index is -0.0863. The second kappa shape index (κ2) is 10.9. The lowest BCUT2D eigenvalue weighted by Crippen LogP contribution is -2.26. The van der Waals surface area contributed by atoms with Gasteiger partial charge in [0.15, 0.2) is 5.58 Å². The number of para-hydroxylation sites is 2. The first-order valence-corrected chi connectivity index (χ1v) is 12.3. The van der Waals surface area contributed by atoms with E-state index in [1.165, 1.54) is 11.8 Å². The van der Waals surface area contributed by atoms with Crippen LogP contribution >= 0.6 is 23.5 Å². The van der Waals surface area contributed by atoms with E-state index in [0.29, 0.717) is 28.6 Å². The lowest BCUT2D eigenvalue weighted by Gasteiger charge is -2.10. The standard InChI is InChI=1S/C25H21N3O2S2/c26-15-18-7-1-2-8-19(18)16-31-14-13-27-24(29)21-10-4-3-9-20(21)17-32-25-28-22-11-5-6-12-23(22)30-25/h1-12H,13-14,16-17H2,(H,27,29). The van der Waals surface area contributed by atoms with Crippen molar-refractivity contribution in [2.24, 2.45) is 0 Å². The molecule has 0 saturated heterocycles. The Morgan fingerprint density at radius 3 is 2.56 bits per heavy atom. The largest absolute Gasteiger partial charge is 0.431 e. The van der Waals surface area contributed by atoms with Crippen LogP contribution in [0.1, 0.15) is 27.0 Å². The van der Waals surface area contributed by atoms with Gasteiger partial charge in [0, 0.05) is 29.4 Å². The maximum Gasteiger partial charge on any atom is 0.257 e. The maximum atomic E-state index is 12.7. The van der Waals surface area contributed by atoms with E-state index in [0.717, 1.165) is 33.7 Å². The van der Waals surface area contributed by atoms with Gasteiger partial charge in [0.1, 0.15) is 5.52 Å². The number of nitrogens with one attached hydrogen (secondary N) is 1. The zero-order valence-corrected chi connectivity index (χ0v) is 18.9. The van der Waals surface area contributed by atoms with Gasteiger partial charge in [-0.25, -0.2) is 4.98 Å². The number of benzene rings is 3. The maximum absolute atomic E-state index is 12.7. The van der Waals surface area contributed by atoms with Gasteiger partial charge in [-0.1, -0.05) is 60.3 Å². The first kappa shape index (κ1) is 22.0. The minimum Gasteiger partial charge on any atom is -0.431 e. The zero-order valence-electron chi connectivity index (χ0n) is 17.3. The average molecular weight is 460 g/mol. The number of carbonyl (C=O) groups is 1. The summed E-state index contributed by atoms with van der Waals surface area (Å²) in [6.07, 6.45) is 0. The molecule has 32 heavy (non-hydrogen) atoms. The van der Waals surface area contributed by atoms with Crippen LogP contribution < -0.4 is 5.32 Å². The van der Waals surface area contributed by atoms with Gasteiger partial charge in [0.2, 0.25) is 0 Å². The molecule has 4 rings (SSSR count). The number of rotatable bonds is 9. The Labute approximate surface area is 195 Å². The van der Waals surface area contributed by atoms with E-state index >= 15 is 0 Å². The summed E-state index contributed by atoms with van der Waals surface area (Å²) in [5, 5.41) is 12.8. The first-order valence-electron chi connectivity index (χ1n) is 10.1. The zero-order chi connectivity index (χ0) is 22.2. The van der Waals surface area contributed by atoms with Crippen LogP contribution in [-0.4, -0.2) is 23.2 Å². The molecular formula is C25H21N3O2S2. The Hall–Kier alpha value is -3.21. The molecule has 1 N–H and O–H groups in total. The lowest BCUT2D eigenvalue weighted by atomic mass is 10.1. The van der Waals surface area contributed by atoms with E-state index in [9.17, 15) is 10.1 Å². The molecule has 7 heteroatoms. The van der Waals surface area contributed by atoms with Crippen LogP contribution in [0.4, 0.5) is 0 Å². The summed E-state index contributed by atoms with van der Waals surface area (Å²) in [5.74, 6) is 2.02. The second-order valence-corrected chi connectivity index (χ2v) is 9.00. The number of nitriles is 1. The fourth-order valence-electron chi connectivity index (χ4n) is 3.19. The monoisotopic (exact) mass is 459 g/mol. The Balaban J connectivity index is 1.29. The number of aromatic nitrogens is 1. The van der Waals surface area contributed by atoms with Crippen LogP contribution in [0.3, 0.4) is 0 Å². The highest BCUT2D eigenvalue weighted by Gasteiger charge is 2.13. The molecule has 0 aliphatic heterocycles. The van der Waals surface area contributed by atoms with E-state index in [1.54, 1.807) is 11.8 Å². The fourth-order valence-corrected chi connectivity index (χ4v) is 4.89. The average Bonchev–Trinajstić information content (AvgIpc) is 3.26. The highest BCUT2D eigenvalue weighted by Crippen LogP contribution is 2.27. The van der Waals surface area contributed by atoms with Crippen LogP contribution in [0, 0.1) is 11.3 Å². The SMILES string of the molecule is N#Cc1ccccc1CSCCNC(=O)c1ccccc1CSc1nc2ccccc2o1. The van der Waals surface area contributed by atoms with Crippen LogP contribution in [0.5, 0.6) is 0 Å².